The molecule has 0 radical (unpaired) electrons. The molecule has 0 aliphatic carbocycles. The third-order valence-corrected chi connectivity index (χ3v) is 3.67. The Morgan fingerprint density at radius 1 is 1.24 bits per heavy atom. The van der Waals surface area contributed by atoms with Crippen molar-refractivity contribution >= 4 is 17.5 Å². The summed E-state index contributed by atoms with van der Waals surface area (Å²) in [4.78, 5) is 23.8. The predicted molar refractivity (Wildman–Crippen MR) is 82.9 cm³/mol. The number of nitrogens with one attached hydrogen (secondary N) is 3. The summed E-state index contributed by atoms with van der Waals surface area (Å²) in [5, 5.41) is 9.10. The fourth-order valence-corrected chi connectivity index (χ4v) is 2.37. The van der Waals surface area contributed by atoms with E-state index in [0.29, 0.717) is 19.4 Å². The van der Waals surface area contributed by atoms with Gasteiger partial charge in [-0.15, -0.1) is 0 Å². The quantitative estimate of drug-likeness (QED) is 0.789. The number of rotatable bonds is 4. The van der Waals surface area contributed by atoms with Crippen molar-refractivity contribution in [2.45, 2.75) is 44.7 Å². The number of para-hydroxylation sites is 1. The van der Waals surface area contributed by atoms with Crippen molar-refractivity contribution in [1.82, 2.24) is 10.6 Å². The molecule has 5 nitrogen and oxygen atoms in total. The van der Waals surface area contributed by atoms with Crippen LogP contribution >= 0.6 is 0 Å². The van der Waals surface area contributed by atoms with Crippen molar-refractivity contribution in [2.24, 2.45) is 0 Å². The molecule has 1 saturated heterocycles. The fourth-order valence-electron chi connectivity index (χ4n) is 2.37. The van der Waals surface area contributed by atoms with Gasteiger partial charge in [0.1, 0.15) is 5.54 Å². The summed E-state index contributed by atoms with van der Waals surface area (Å²) in [6.45, 7) is 4.33. The van der Waals surface area contributed by atoms with E-state index in [9.17, 15) is 9.59 Å². The molecule has 2 rings (SSSR count). The Balaban J connectivity index is 1.93. The lowest BCUT2D eigenvalue weighted by atomic mass is 10.0. The van der Waals surface area contributed by atoms with Gasteiger partial charge in [-0.25, -0.2) is 0 Å². The largest absolute Gasteiger partial charge is 0.372 e. The molecule has 1 aromatic rings. The van der Waals surface area contributed by atoms with Crippen LogP contribution < -0.4 is 16.0 Å². The van der Waals surface area contributed by atoms with E-state index in [2.05, 4.69) is 16.0 Å². The van der Waals surface area contributed by atoms with Crippen LogP contribution in [0, 0.1) is 0 Å². The Morgan fingerprint density at radius 2 is 1.95 bits per heavy atom. The molecule has 1 heterocycles. The molecule has 1 atom stereocenters. The van der Waals surface area contributed by atoms with E-state index in [1.54, 1.807) is 0 Å². The smallest absolute Gasteiger partial charge is 0.245 e. The van der Waals surface area contributed by atoms with Gasteiger partial charge in [-0.3, -0.25) is 9.59 Å². The van der Waals surface area contributed by atoms with Gasteiger partial charge in [0.15, 0.2) is 0 Å². The zero-order chi connectivity index (χ0) is 15.3. The maximum absolute atomic E-state index is 12.5. The van der Waals surface area contributed by atoms with Crippen LogP contribution in [0.1, 0.15) is 33.1 Å². The highest BCUT2D eigenvalue weighted by Crippen LogP contribution is 2.16. The van der Waals surface area contributed by atoms with E-state index in [1.165, 1.54) is 0 Å². The zero-order valence-corrected chi connectivity index (χ0v) is 12.6. The SMILES string of the molecule is CC(C)(Nc1ccccc1)C(=O)NC1CCNC(=O)CC1. The van der Waals surface area contributed by atoms with Crippen LogP contribution in [0.4, 0.5) is 5.69 Å². The Labute approximate surface area is 125 Å². The van der Waals surface area contributed by atoms with Gasteiger partial charge in [0.2, 0.25) is 11.8 Å². The van der Waals surface area contributed by atoms with E-state index in [0.717, 1.165) is 12.1 Å². The molecule has 0 aromatic heterocycles. The van der Waals surface area contributed by atoms with Crippen LogP contribution in [0.25, 0.3) is 0 Å². The van der Waals surface area contributed by atoms with Gasteiger partial charge >= 0.3 is 0 Å². The van der Waals surface area contributed by atoms with E-state index in [-0.39, 0.29) is 17.9 Å². The maximum atomic E-state index is 12.5. The van der Waals surface area contributed by atoms with Crippen molar-refractivity contribution in [3.05, 3.63) is 30.3 Å². The Kier molecular flexibility index (Phi) is 4.83. The van der Waals surface area contributed by atoms with Gasteiger partial charge in [0, 0.05) is 24.7 Å². The number of hydrogen-bond donors (Lipinski definition) is 3. The van der Waals surface area contributed by atoms with Gasteiger partial charge in [-0.2, -0.15) is 0 Å². The predicted octanol–water partition coefficient (Wildman–Crippen LogP) is 1.66. The average molecular weight is 289 g/mol. The standard InChI is InChI=1S/C16H23N3O2/c1-16(2,19-13-6-4-3-5-7-13)15(21)18-12-8-9-14(20)17-11-10-12/h3-7,12,19H,8-11H2,1-2H3,(H,17,20)(H,18,21). The molecular weight excluding hydrogens is 266 g/mol. The average Bonchev–Trinajstić information content (AvgIpc) is 2.64. The molecule has 1 aliphatic rings. The number of amides is 2. The van der Waals surface area contributed by atoms with Crippen LogP contribution in [0.15, 0.2) is 30.3 Å². The van der Waals surface area contributed by atoms with Gasteiger partial charge in [-0.1, -0.05) is 18.2 Å². The van der Waals surface area contributed by atoms with Crippen LogP contribution in [0.3, 0.4) is 0 Å². The van der Waals surface area contributed by atoms with Crippen LogP contribution in [0.2, 0.25) is 0 Å². The highest BCUT2D eigenvalue weighted by molar-refractivity contribution is 5.88. The second kappa shape index (κ2) is 6.61. The Bertz CT molecular complexity index is 500. The molecule has 1 aliphatic heterocycles. The number of carbonyl (C=O) groups excluding carboxylic acids is 2. The maximum Gasteiger partial charge on any atom is 0.245 e. The molecule has 21 heavy (non-hydrogen) atoms. The van der Waals surface area contributed by atoms with Crippen LogP contribution in [-0.2, 0) is 9.59 Å². The molecule has 5 heteroatoms. The second-order valence-corrected chi connectivity index (χ2v) is 5.96. The van der Waals surface area contributed by atoms with Crippen molar-refractivity contribution in [3.8, 4) is 0 Å². The molecule has 0 spiro atoms. The molecule has 1 unspecified atom stereocenters. The Morgan fingerprint density at radius 3 is 2.67 bits per heavy atom. The summed E-state index contributed by atoms with van der Waals surface area (Å²) in [7, 11) is 0. The van der Waals surface area contributed by atoms with Crippen LogP contribution in [0.5, 0.6) is 0 Å². The summed E-state index contributed by atoms with van der Waals surface area (Å²) in [6.07, 6.45) is 1.94. The van der Waals surface area contributed by atoms with Gasteiger partial charge in [0.05, 0.1) is 0 Å². The summed E-state index contributed by atoms with van der Waals surface area (Å²) in [5.74, 6) is 0.0131. The van der Waals surface area contributed by atoms with E-state index in [1.807, 2.05) is 44.2 Å². The fraction of sp³-hybridized carbons (Fsp3) is 0.500. The molecule has 2 amide bonds. The number of benzene rings is 1. The van der Waals surface area contributed by atoms with Gasteiger partial charge in [0.25, 0.3) is 0 Å². The zero-order valence-electron chi connectivity index (χ0n) is 12.6. The summed E-state index contributed by atoms with van der Waals surface area (Å²) >= 11 is 0. The minimum atomic E-state index is -0.703. The highest BCUT2D eigenvalue weighted by Gasteiger charge is 2.29. The Hall–Kier alpha value is -2.04. The van der Waals surface area contributed by atoms with E-state index in [4.69, 9.17) is 0 Å². The topological polar surface area (TPSA) is 70.2 Å². The number of anilines is 1. The van der Waals surface area contributed by atoms with Crippen molar-refractivity contribution in [3.63, 3.8) is 0 Å². The third kappa shape index (κ3) is 4.48. The minimum Gasteiger partial charge on any atom is -0.372 e. The first-order chi connectivity index (χ1) is 9.97. The number of carbonyl (C=O) groups is 2. The van der Waals surface area contributed by atoms with Crippen LogP contribution in [-0.4, -0.2) is 29.9 Å². The molecular formula is C16H23N3O2. The molecule has 0 bridgehead atoms. The molecule has 1 aromatic carbocycles. The summed E-state index contributed by atoms with van der Waals surface area (Å²) < 4.78 is 0. The van der Waals surface area contributed by atoms with Gasteiger partial charge in [-0.05, 0) is 38.8 Å². The first-order valence-corrected chi connectivity index (χ1v) is 7.38. The molecule has 0 saturated carbocycles. The first kappa shape index (κ1) is 15.4. The van der Waals surface area contributed by atoms with Crippen molar-refractivity contribution < 1.29 is 9.59 Å². The lowest BCUT2D eigenvalue weighted by molar-refractivity contribution is -0.125. The minimum absolute atomic E-state index is 0.0494. The first-order valence-electron chi connectivity index (χ1n) is 7.38. The third-order valence-electron chi connectivity index (χ3n) is 3.67. The lowest BCUT2D eigenvalue weighted by Gasteiger charge is -2.28. The molecule has 3 N–H and O–H groups in total. The molecule has 1 fully saturated rings. The van der Waals surface area contributed by atoms with Crippen molar-refractivity contribution in [2.75, 3.05) is 11.9 Å². The summed E-state index contributed by atoms with van der Waals surface area (Å²) in [6, 6.07) is 9.71. The molecule has 114 valence electrons. The summed E-state index contributed by atoms with van der Waals surface area (Å²) in [5.41, 5.74) is 0.209. The lowest BCUT2D eigenvalue weighted by Crippen LogP contribution is -2.51. The highest BCUT2D eigenvalue weighted by atomic mass is 16.2. The van der Waals surface area contributed by atoms with Crippen molar-refractivity contribution in [1.29, 1.82) is 0 Å². The second-order valence-electron chi connectivity index (χ2n) is 5.96. The number of hydrogen-bond acceptors (Lipinski definition) is 3. The van der Waals surface area contributed by atoms with E-state index >= 15 is 0 Å². The monoisotopic (exact) mass is 289 g/mol. The normalized spacial score (nSPS) is 19.3. The van der Waals surface area contributed by atoms with Gasteiger partial charge < -0.3 is 16.0 Å². The van der Waals surface area contributed by atoms with E-state index < -0.39 is 5.54 Å².